The summed E-state index contributed by atoms with van der Waals surface area (Å²) in [5.74, 6) is 0.641. The van der Waals surface area contributed by atoms with Crippen LogP contribution in [0, 0.1) is 5.92 Å². The maximum absolute atomic E-state index is 13.2. The van der Waals surface area contributed by atoms with Gasteiger partial charge in [0.15, 0.2) is 6.04 Å². The zero-order chi connectivity index (χ0) is 19.9. The van der Waals surface area contributed by atoms with Crippen LogP contribution in [0.15, 0.2) is 30.3 Å². The molecule has 0 saturated carbocycles. The van der Waals surface area contributed by atoms with Gasteiger partial charge in [-0.3, -0.25) is 4.79 Å². The van der Waals surface area contributed by atoms with Crippen molar-refractivity contribution in [1.82, 2.24) is 25.1 Å². The lowest BCUT2D eigenvalue weighted by Gasteiger charge is -2.34. The van der Waals surface area contributed by atoms with Gasteiger partial charge in [0.05, 0.1) is 6.10 Å². The highest BCUT2D eigenvalue weighted by Crippen LogP contribution is 2.23. The van der Waals surface area contributed by atoms with Crippen LogP contribution in [-0.4, -0.2) is 63.4 Å². The zero-order valence-corrected chi connectivity index (χ0v) is 17.9. The molecule has 0 spiro atoms. The highest BCUT2D eigenvalue weighted by atomic mass is 35.5. The molecular formula is C20H31ClN6O2. The number of halogens is 1. The number of nitrogens with zero attached hydrogens (tertiary/aromatic N) is 5. The topological polar surface area (TPSA) is 99.2 Å². The van der Waals surface area contributed by atoms with Crippen molar-refractivity contribution in [3.63, 3.8) is 0 Å². The summed E-state index contributed by atoms with van der Waals surface area (Å²) in [6.07, 6.45) is 2.78. The van der Waals surface area contributed by atoms with Crippen molar-refractivity contribution >= 4 is 18.3 Å². The van der Waals surface area contributed by atoms with Crippen LogP contribution in [0.25, 0.3) is 11.4 Å². The molecular weight excluding hydrogens is 392 g/mol. The Bertz CT molecular complexity index is 746. The van der Waals surface area contributed by atoms with Crippen LogP contribution in [0.2, 0.25) is 0 Å². The van der Waals surface area contributed by atoms with Gasteiger partial charge in [-0.1, -0.05) is 44.2 Å². The summed E-state index contributed by atoms with van der Waals surface area (Å²) < 4.78 is 5.84. The van der Waals surface area contributed by atoms with Gasteiger partial charge in [0, 0.05) is 25.3 Å². The highest BCUT2D eigenvalue weighted by Gasteiger charge is 2.33. The summed E-state index contributed by atoms with van der Waals surface area (Å²) >= 11 is 0. The Hall–Kier alpha value is -2.03. The van der Waals surface area contributed by atoms with Crippen molar-refractivity contribution in [1.29, 1.82) is 0 Å². The molecule has 3 rings (SSSR count). The minimum Gasteiger partial charge on any atom is -0.378 e. The van der Waals surface area contributed by atoms with Crippen molar-refractivity contribution in [2.75, 3.05) is 26.2 Å². The van der Waals surface area contributed by atoms with Gasteiger partial charge < -0.3 is 15.4 Å². The van der Waals surface area contributed by atoms with Crippen molar-refractivity contribution in [3.8, 4) is 11.4 Å². The first kappa shape index (κ1) is 23.3. The smallest absolute Gasteiger partial charge is 0.249 e. The molecule has 1 aliphatic heterocycles. The average Bonchev–Trinajstić information content (AvgIpc) is 3.19. The SMILES string of the molecule is CC(C)C(C(=O)N1CCC(OCCCN)CC1)n1nnc(-c2ccccc2)n1.Cl. The molecule has 0 radical (unpaired) electrons. The largest absolute Gasteiger partial charge is 0.378 e. The van der Waals surface area contributed by atoms with Crippen LogP contribution >= 0.6 is 12.4 Å². The van der Waals surface area contributed by atoms with Gasteiger partial charge in [-0.15, -0.1) is 22.6 Å². The molecule has 9 heteroatoms. The van der Waals surface area contributed by atoms with Crippen molar-refractivity contribution in [3.05, 3.63) is 30.3 Å². The van der Waals surface area contributed by atoms with Gasteiger partial charge in [0.25, 0.3) is 0 Å². The molecule has 1 aromatic heterocycles. The predicted molar refractivity (Wildman–Crippen MR) is 114 cm³/mol. The standard InChI is InChI=1S/C20H30N6O2.ClH/c1-15(2)18(26-23-19(22-24-26)16-7-4-3-5-8-16)20(27)25-12-9-17(10-13-25)28-14-6-11-21;/h3-5,7-8,15,17-18H,6,9-14,21H2,1-2H3;1H. The third-order valence-electron chi connectivity index (χ3n) is 5.05. The second-order valence-corrected chi connectivity index (χ2v) is 7.53. The zero-order valence-electron chi connectivity index (χ0n) is 17.1. The predicted octanol–water partition coefficient (Wildman–Crippen LogP) is 2.32. The molecule has 1 amide bonds. The number of nitrogens with two attached hydrogens (primary N) is 1. The van der Waals surface area contributed by atoms with E-state index in [1.165, 1.54) is 4.80 Å². The lowest BCUT2D eigenvalue weighted by Crippen LogP contribution is -2.45. The summed E-state index contributed by atoms with van der Waals surface area (Å²) in [6, 6.07) is 9.21. The Labute approximate surface area is 178 Å². The molecule has 1 fully saturated rings. The number of benzene rings is 1. The van der Waals surface area contributed by atoms with Gasteiger partial charge in [0.1, 0.15) is 0 Å². The second-order valence-electron chi connectivity index (χ2n) is 7.53. The molecule has 2 aromatic rings. The first-order chi connectivity index (χ1) is 13.6. The molecule has 8 nitrogen and oxygen atoms in total. The summed E-state index contributed by atoms with van der Waals surface area (Å²) in [5.41, 5.74) is 6.40. The van der Waals surface area contributed by atoms with Crippen molar-refractivity contribution < 1.29 is 9.53 Å². The van der Waals surface area contributed by atoms with Gasteiger partial charge in [-0.25, -0.2) is 0 Å². The van der Waals surface area contributed by atoms with E-state index in [2.05, 4.69) is 15.4 Å². The maximum Gasteiger partial charge on any atom is 0.249 e. The molecule has 1 aliphatic rings. The van der Waals surface area contributed by atoms with Crippen LogP contribution in [0.1, 0.15) is 39.2 Å². The van der Waals surface area contributed by atoms with E-state index in [-0.39, 0.29) is 30.3 Å². The van der Waals surface area contributed by atoms with Gasteiger partial charge in [-0.2, -0.15) is 4.80 Å². The lowest BCUT2D eigenvalue weighted by atomic mass is 10.0. The summed E-state index contributed by atoms with van der Waals surface area (Å²) in [5, 5.41) is 12.8. The molecule has 1 saturated heterocycles. The number of amides is 1. The van der Waals surface area contributed by atoms with E-state index < -0.39 is 6.04 Å². The molecule has 2 N–H and O–H groups in total. The Morgan fingerprint density at radius 2 is 1.93 bits per heavy atom. The van der Waals surface area contributed by atoms with Crippen LogP contribution in [-0.2, 0) is 9.53 Å². The number of ether oxygens (including phenoxy) is 1. The van der Waals surface area contributed by atoms with E-state index in [4.69, 9.17) is 10.5 Å². The van der Waals surface area contributed by atoms with Gasteiger partial charge in [0.2, 0.25) is 11.7 Å². The van der Waals surface area contributed by atoms with E-state index in [0.717, 1.165) is 24.8 Å². The number of carbonyl (C=O) groups is 1. The number of hydrogen-bond acceptors (Lipinski definition) is 6. The minimum atomic E-state index is -0.459. The monoisotopic (exact) mass is 422 g/mol. The maximum atomic E-state index is 13.2. The Morgan fingerprint density at radius 1 is 1.24 bits per heavy atom. The molecule has 1 aromatic carbocycles. The molecule has 160 valence electrons. The number of rotatable bonds is 8. The minimum absolute atomic E-state index is 0. The summed E-state index contributed by atoms with van der Waals surface area (Å²) in [6.45, 7) is 6.73. The molecule has 1 unspecified atom stereocenters. The molecule has 2 heterocycles. The Morgan fingerprint density at radius 3 is 2.55 bits per heavy atom. The average molecular weight is 423 g/mol. The van der Waals surface area contributed by atoms with Crippen LogP contribution in [0.3, 0.4) is 0 Å². The van der Waals surface area contributed by atoms with E-state index in [9.17, 15) is 4.79 Å². The fourth-order valence-corrected chi connectivity index (χ4v) is 3.46. The first-order valence-electron chi connectivity index (χ1n) is 10.1. The molecule has 0 bridgehead atoms. The van der Waals surface area contributed by atoms with E-state index in [0.29, 0.717) is 32.1 Å². The van der Waals surface area contributed by atoms with E-state index in [1.54, 1.807) is 0 Å². The number of likely N-dealkylation sites (tertiary alicyclic amines) is 1. The van der Waals surface area contributed by atoms with E-state index >= 15 is 0 Å². The second kappa shape index (κ2) is 11.2. The van der Waals surface area contributed by atoms with E-state index in [1.807, 2.05) is 49.1 Å². The third-order valence-corrected chi connectivity index (χ3v) is 5.05. The number of hydrogen-bond donors (Lipinski definition) is 1. The van der Waals surface area contributed by atoms with Crippen molar-refractivity contribution in [2.24, 2.45) is 11.7 Å². The van der Waals surface area contributed by atoms with Crippen LogP contribution < -0.4 is 5.73 Å². The van der Waals surface area contributed by atoms with Crippen LogP contribution in [0.5, 0.6) is 0 Å². The van der Waals surface area contributed by atoms with Gasteiger partial charge >= 0.3 is 0 Å². The summed E-state index contributed by atoms with van der Waals surface area (Å²) in [4.78, 5) is 16.6. The quantitative estimate of drug-likeness (QED) is 0.655. The number of aromatic nitrogens is 4. The Kier molecular flexibility index (Phi) is 9.00. The summed E-state index contributed by atoms with van der Waals surface area (Å²) in [7, 11) is 0. The molecule has 29 heavy (non-hydrogen) atoms. The molecule has 1 atom stereocenters. The Balaban J connectivity index is 0.00000300. The normalized spacial score (nSPS) is 15.9. The fourth-order valence-electron chi connectivity index (χ4n) is 3.46. The fraction of sp³-hybridized carbons (Fsp3) is 0.600. The van der Waals surface area contributed by atoms with Crippen molar-refractivity contribution in [2.45, 2.75) is 45.3 Å². The number of tetrazole rings is 1. The number of piperidine rings is 1. The highest BCUT2D eigenvalue weighted by molar-refractivity contribution is 5.85. The third kappa shape index (κ3) is 5.98. The molecule has 0 aliphatic carbocycles. The van der Waals surface area contributed by atoms with Crippen LogP contribution in [0.4, 0.5) is 0 Å². The lowest BCUT2D eigenvalue weighted by molar-refractivity contribution is -0.139. The van der Waals surface area contributed by atoms with Gasteiger partial charge in [-0.05, 0) is 36.9 Å². The number of carbonyl (C=O) groups excluding carboxylic acids is 1. The first-order valence-corrected chi connectivity index (χ1v) is 10.1.